The third kappa shape index (κ3) is 2.69. The van der Waals surface area contributed by atoms with Crippen LogP contribution in [0.4, 0.5) is 0 Å². The van der Waals surface area contributed by atoms with Crippen LogP contribution in [-0.4, -0.2) is 0 Å². The standard InChI is InChI=1S/C22H38/c1-5-8-18-10-11-19-20-15-16(7-3)14-17(20)9-12-21(19)22(18,4)13-6-2/h5,16-21H,1,6-15H2,2-4H3. The van der Waals surface area contributed by atoms with E-state index in [4.69, 9.17) is 0 Å². The van der Waals surface area contributed by atoms with Gasteiger partial charge in [0.2, 0.25) is 0 Å². The van der Waals surface area contributed by atoms with Gasteiger partial charge in [0.25, 0.3) is 0 Å². The lowest BCUT2D eigenvalue weighted by Gasteiger charge is -2.56. The van der Waals surface area contributed by atoms with Gasteiger partial charge in [0.1, 0.15) is 0 Å². The van der Waals surface area contributed by atoms with E-state index in [9.17, 15) is 0 Å². The third-order valence-corrected chi connectivity index (χ3v) is 8.21. The topological polar surface area (TPSA) is 0 Å². The van der Waals surface area contributed by atoms with Crippen molar-refractivity contribution in [3.63, 3.8) is 0 Å². The quantitative estimate of drug-likeness (QED) is 0.487. The zero-order valence-electron chi connectivity index (χ0n) is 15.3. The Labute approximate surface area is 139 Å². The average Bonchev–Trinajstić information content (AvgIpc) is 2.94. The summed E-state index contributed by atoms with van der Waals surface area (Å²) in [7, 11) is 0. The van der Waals surface area contributed by atoms with Gasteiger partial charge in [-0.2, -0.15) is 0 Å². The van der Waals surface area contributed by atoms with Gasteiger partial charge < -0.3 is 0 Å². The summed E-state index contributed by atoms with van der Waals surface area (Å²) < 4.78 is 0. The van der Waals surface area contributed by atoms with Crippen molar-refractivity contribution in [3.05, 3.63) is 12.7 Å². The maximum absolute atomic E-state index is 4.06. The SMILES string of the molecule is C=CCC1CCC2C3CC(CC)CC3CCC2C1(C)CCC. The highest BCUT2D eigenvalue weighted by Crippen LogP contribution is 2.62. The summed E-state index contributed by atoms with van der Waals surface area (Å²) in [5.74, 6) is 6.22. The molecule has 0 bridgehead atoms. The van der Waals surface area contributed by atoms with E-state index in [1.807, 2.05) is 0 Å². The van der Waals surface area contributed by atoms with Crippen LogP contribution in [0.15, 0.2) is 12.7 Å². The summed E-state index contributed by atoms with van der Waals surface area (Å²) in [4.78, 5) is 0. The van der Waals surface area contributed by atoms with Gasteiger partial charge in [0.15, 0.2) is 0 Å². The van der Waals surface area contributed by atoms with Crippen LogP contribution in [0.25, 0.3) is 0 Å². The Balaban J connectivity index is 1.81. The summed E-state index contributed by atoms with van der Waals surface area (Å²) in [5, 5.41) is 0. The van der Waals surface area contributed by atoms with Crippen molar-refractivity contribution in [1.29, 1.82) is 0 Å². The normalized spacial score (nSPS) is 47.8. The molecule has 7 unspecified atom stereocenters. The minimum atomic E-state index is 0.598. The molecule has 3 aliphatic carbocycles. The first kappa shape index (κ1) is 16.6. The molecular formula is C22H38. The van der Waals surface area contributed by atoms with E-state index in [1.54, 1.807) is 19.3 Å². The Morgan fingerprint density at radius 3 is 2.55 bits per heavy atom. The lowest BCUT2D eigenvalue weighted by Crippen LogP contribution is -2.48. The molecule has 3 rings (SSSR count). The molecule has 0 radical (unpaired) electrons. The summed E-state index contributed by atoms with van der Waals surface area (Å²) in [6.45, 7) is 11.5. The van der Waals surface area contributed by atoms with Crippen LogP contribution in [0.2, 0.25) is 0 Å². The fourth-order valence-corrected chi connectivity index (χ4v) is 7.15. The molecule has 0 heteroatoms. The number of rotatable bonds is 5. The van der Waals surface area contributed by atoms with Crippen LogP contribution in [0.3, 0.4) is 0 Å². The maximum Gasteiger partial charge on any atom is -0.0264 e. The van der Waals surface area contributed by atoms with E-state index in [1.165, 1.54) is 44.9 Å². The van der Waals surface area contributed by atoms with Gasteiger partial charge in [-0.1, -0.05) is 39.7 Å². The Hall–Kier alpha value is -0.260. The molecule has 0 aliphatic heterocycles. The maximum atomic E-state index is 4.06. The van der Waals surface area contributed by atoms with Gasteiger partial charge >= 0.3 is 0 Å². The summed E-state index contributed by atoms with van der Waals surface area (Å²) in [6.07, 6.45) is 16.9. The molecular weight excluding hydrogens is 264 g/mol. The van der Waals surface area contributed by atoms with Crippen molar-refractivity contribution in [3.8, 4) is 0 Å². The van der Waals surface area contributed by atoms with Crippen LogP contribution < -0.4 is 0 Å². The van der Waals surface area contributed by atoms with Crippen LogP contribution in [0.5, 0.6) is 0 Å². The Morgan fingerprint density at radius 1 is 1.05 bits per heavy atom. The molecule has 0 nitrogen and oxygen atoms in total. The molecule has 7 atom stereocenters. The second kappa shape index (κ2) is 6.70. The number of hydrogen-bond acceptors (Lipinski definition) is 0. The zero-order valence-corrected chi connectivity index (χ0v) is 15.3. The highest BCUT2D eigenvalue weighted by Gasteiger charge is 2.53. The number of hydrogen-bond donors (Lipinski definition) is 0. The van der Waals surface area contributed by atoms with Crippen LogP contribution in [-0.2, 0) is 0 Å². The van der Waals surface area contributed by atoms with E-state index in [0.29, 0.717) is 5.41 Å². The fourth-order valence-electron chi connectivity index (χ4n) is 7.15. The molecule has 0 aromatic rings. The molecule has 3 saturated carbocycles. The molecule has 0 aromatic carbocycles. The van der Waals surface area contributed by atoms with Crippen molar-refractivity contribution in [1.82, 2.24) is 0 Å². The monoisotopic (exact) mass is 302 g/mol. The lowest BCUT2D eigenvalue weighted by atomic mass is 9.49. The molecule has 126 valence electrons. The largest absolute Gasteiger partial charge is 0.103 e. The van der Waals surface area contributed by atoms with Gasteiger partial charge in [-0.15, -0.1) is 6.58 Å². The van der Waals surface area contributed by atoms with Crippen molar-refractivity contribution in [2.24, 2.45) is 40.9 Å². The van der Waals surface area contributed by atoms with Crippen LogP contribution >= 0.6 is 0 Å². The Bertz CT molecular complexity index is 383. The van der Waals surface area contributed by atoms with Crippen molar-refractivity contribution < 1.29 is 0 Å². The summed E-state index contributed by atoms with van der Waals surface area (Å²) in [5.41, 5.74) is 0.598. The molecule has 3 aliphatic rings. The molecule has 0 amide bonds. The first-order chi connectivity index (χ1) is 10.6. The minimum Gasteiger partial charge on any atom is -0.103 e. The van der Waals surface area contributed by atoms with Crippen molar-refractivity contribution in [2.75, 3.05) is 0 Å². The van der Waals surface area contributed by atoms with E-state index < -0.39 is 0 Å². The van der Waals surface area contributed by atoms with E-state index in [2.05, 4.69) is 33.4 Å². The first-order valence-corrected chi connectivity index (χ1v) is 10.2. The summed E-state index contributed by atoms with van der Waals surface area (Å²) in [6, 6.07) is 0. The van der Waals surface area contributed by atoms with Crippen LogP contribution in [0, 0.1) is 40.9 Å². The summed E-state index contributed by atoms with van der Waals surface area (Å²) >= 11 is 0. The van der Waals surface area contributed by atoms with Gasteiger partial charge in [-0.3, -0.25) is 0 Å². The minimum absolute atomic E-state index is 0.598. The smallest absolute Gasteiger partial charge is 0.0264 e. The van der Waals surface area contributed by atoms with E-state index in [0.717, 1.165) is 35.5 Å². The molecule has 22 heavy (non-hydrogen) atoms. The highest BCUT2D eigenvalue weighted by molar-refractivity contribution is 5.04. The first-order valence-electron chi connectivity index (χ1n) is 10.2. The van der Waals surface area contributed by atoms with E-state index in [-0.39, 0.29) is 0 Å². The van der Waals surface area contributed by atoms with Crippen molar-refractivity contribution in [2.45, 2.75) is 85.0 Å². The number of fused-ring (bicyclic) bond motifs is 3. The van der Waals surface area contributed by atoms with Gasteiger partial charge in [0, 0.05) is 0 Å². The number of allylic oxidation sites excluding steroid dienone is 1. The molecule has 0 aromatic heterocycles. The molecule has 0 spiro atoms. The molecule has 0 N–H and O–H groups in total. The van der Waals surface area contributed by atoms with Crippen molar-refractivity contribution >= 4 is 0 Å². The third-order valence-electron chi connectivity index (χ3n) is 8.21. The molecule has 0 heterocycles. The highest BCUT2D eigenvalue weighted by atomic mass is 14.6. The van der Waals surface area contributed by atoms with Gasteiger partial charge in [0.05, 0.1) is 0 Å². The van der Waals surface area contributed by atoms with Gasteiger partial charge in [-0.25, -0.2) is 0 Å². The predicted octanol–water partition coefficient (Wildman–Crippen LogP) is 6.86. The Morgan fingerprint density at radius 2 is 1.86 bits per heavy atom. The predicted molar refractivity (Wildman–Crippen MR) is 96.8 cm³/mol. The van der Waals surface area contributed by atoms with Crippen LogP contribution in [0.1, 0.15) is 85.0 Å². The Kier molecular flexibility index (Phi) is 5.05. The second-order valence-corrected chi connectivity index (χ2v) is 9.07. The average molecular weight is 303 g/mol. The lowest BCUT2D eigenvalue weighted by molar-refractivity contribution is -0.0677. The molecule has 0 saturated heterocycles. The second-order valence-electron chi connectivity index (χ2n) is 9.07. The van der Waals surface area contributed by atoms with E-state index >= 15 is 0 Å². The molecule has 3 fully saturated rings. The fraction of sp³-hybridized carbons (Fsp3) is 0.909. The zero-order chi connectivity index (χ0) is 15.7. The van der Waals surface area contributed by atoms with Gasteiger partial charge in [-0.05, 0) is 92.3 Å².